The maximum absolute atomic E-state index is 12.4. The Labute approximate surface area is 158 Å². The Morgan fingerprint density at radius 3 is 2.64 bits per heavy atom. The van der Waals surface area contributed by atoms with Crippen LogP contribution in [0.4, 0.5) is 13.2 Å². The standard InChI is InChI=1S/C17H18F3N5O3/c18-17(19,20)16(27)25-8-4-11(5-9-25)14(26)22-7-3-13-23-24-15(28-13)12-2-1-6-21-10-12/h1-2,6,10-11H,3-5,7-9H2,(H,22,26). The lowest BCUT2D eigenvalue weighted by atomic mass is 9.96. The molecule has 150 valence electrons. The Hall–Kier alpha value is -2.98. The summed E-state index contributed by atoms with van der Waals surface area (Å²) < 4.78 is 42.8. The average Bonchev–Trinajstić information content (AvgIpc) is 3.16. The number of rotatable bonds is 5. The second-order valence-electron chi connectivity index (χ2n) is 6.35. The second kappa shape index (κ2) is 8.36. The quantitative estimate of drug-likeness (QED) is 0.822. The molecule has 3 heterocycles. The molecule has 0 unspecified atom stereocenters. The summed E-state index contributed by atoms with van der Waals surface area (Å²) in [6, 6.07) is 3.52. The number of carbonyl (C=O) groups excluding carboxylic acids is 2. The highest BCUT2D eigenvalue weighted by Gasteiger charge is 2.43. The lowest BCUT2D eigenvalue weighted by molar-refractivity contribution is -0.186. The Morgan fingerprint density at radius 2 is 2.00 bits per heavy atom. The molecule has 2 amide bonds. The minimum atomic E-state index is -4.88. The zero-order chi connectivity index (χ0) is 20.1. The molecular formula is C17H18F3N5O3. The number of amides is 2. The first-order valence-electron chi connectivity index (χ1n) is 8.71. The molecule has 1 aliphatic rings. The fraction of sp³-hybridized carbons (Fsp3) is 0.471. The highest BCUT2D eigenvalue weighted by molar-refractivity contribution is 5.83. The van der Waals surface area contributed by atoms with E-state index >= 15 is 0 Å². The molecule has 0 spiro atoms. The van der Waals surface area contributed by atoms with Gasteiger partial charge in [-0.25, -0.2) is 0 Å². The second-order valence-corrected chi connectivity index (χ2v) is 6.35. The molecule has 0 aromatic carbocycles. The van der Waals surface area contributed by atoms with Crippen LogP contribution in [0.25, 0.3) is 11.5 Å². The first-order valence-corrected chi connectivity index (χ1v) is 8.71. The van der Waals surface area contributed by atoms with Crippen LogP contribution in [-0.2, 0) is 16.0 Å². The Morgan fingerprint density at radius 1 is 1.25 bits per heavy atom. The maximum Gasteiger partial charge on any atom is 0.471 e. The fourth-order valence-electron chi connectivity index (χ4n) is 2.92. The third-order valence-corrected chi connectivity index (χ3v) is 4.41. The molecule has 28 heavy (non-hydrogen) atoms. The third kappa shape index (κ3) is 4.84. The Kier molecular flexibility index (Phi) is 5.90. The van der Waals surface area contributed by atoms with Crippen molar-refractivity contribution in [3.8, 4) is 11.5 Å². The topological polar surface area (TPSA) is 101 Å². The molecule has 2 aromatic rings. The van der Waals surface area contributed by atoms with Crippen LogP contribution in [0.15, 0.2) is 28.9 Å². The van der Waals surface area contributed by atoms with Gasteiger partial charge >= 0.3 is 12.1 Å². The maximum atomic E-state index is 12.4. The molecule has 0 atom stereocenters. The van der Waals surface area contributed by atoms with Gasteiger partial charge in [0, 0.05) is 44.4 Å². The van der Waals surface area contributed by atoms with Crippen LogP contribution in [0, 0.1) is 5.92 Å². The van der Waals surface area contributed by atoms with Crippen molar-refractivity contribution < 1.29 is 27.2 Å². The van der Waals surface area contributed by atoms with Crippen LogP contribution in [0.1, 0.15) is 18.7 Å². The normalized spacial score (nSPS) is 15.5. The smallest absolute Gasteiger partial charge is 0.421 e. The van der Waals surface area contributed by atoms with E-state index in [1.807, 2.05) is 0 Å². The molecular weight excluding hydrogens is 379 g/mol. The number of halogens is 3. The van der Waals surface area contributed by atoms with Crippen LogP contribution >= 0.6 is 0 Å². The molecule has 1 saturated heterocycles. The molecule has 1 N–H and O–H groups in total. The number of nitrogens with one attached hydrogen (secondary N) is 1. The average molecular weight is 397 g/mol. The van der Waals surface area contributed by atoms with Crippen LogP contribution in [-0.4, -0.2) is 57.7 Å². The van der Waals surface area contributed by atoms with E-state index in [-0.39, 0.29) is 38.4 Å². The highest BCUT2D eigenvalue weighted by atomic mass is 19.4. The first kappa shape index (κ1) is 19.8. The number of hydrogen-bond acceptors (Lipinski definition) is 6. The molecule has 0 aliphatic carbocycles. The van der Waals surface area contributed by atoms with Crippen molar-refractivity contribution in [1.82, 2.24) is 25.4 Å². The molecule has 11 heteroatoms. The predicted molar refractivity (Wildman–Crippen MR) is 89.6 cm³/mol. The third-order valence-electron chi connectivity index (χ3n) is 4.41. The van der Waals surface area contributed by atoms with Crippen LogP contribution in [0.5, 0.6) is 0 Å². The lowest BCUT2D eigenvalue weighted by Crippen LogP contribution is -2.47. The molecule has 1 fully saturated rings. The molecule has 2 aromatic heterocycles. The summed E-state index contributed by atoms with van der Waals surface area (Å²) in [7, 11) is 0. The van der Waals surface area contributed by atoms with Crippen LogP contribution in [0.3, 0.4) is 0 Å². The summed E-state index contributed by atoms with van der Waals surface area (Å²) >= 11 is 0. The van der Waals surface area contributed by atoms with Gasteiger partial charge in [-0.3, -0.25) is 14.6 Å². The van der Waals surface area contributed by atoms with E-state index in [0.29, 0.717) is 23.8 Å². The van der Waals surface area contributed by atoms with Gasteiger partial charge in [0.25, 0.3) is 0 Å². The van der Waals surface area contributed by atoms with Gasteiger partial charge in [-0.1, -0.05) is 0 Å². The molecule has 3 rings (SSSR count). The van der Waals surface area contributed by atoms with Gasteiger partial charge in [0.1, 0.15) is 0 Å². The Balaban J connectivity index is 1.42. The van der Waals surface area contributed by atoms with E-state index < -0.39 is 18.0 Å². The van der Waals surface area contributed by atoms with Crippen molar-refractivity contribution in [1.29, 1.82) is 0 Å². The predicted octanol–water partition coefficient (Wildman–Crippen LogP) is 1.59. The van der Waals surface area contributed by atoms with Gasteiger partial charge in [0.15, 0.2) is 0 Å². The van der Waals surface area contributed by atoms with E-state index in [4.69, 9.17) is 4.42 Å². The van der Waals surface area contributed by atoms with Crippen LogP contribution in [0.2, 0.25) is 0 Å². The number of pyridine rings is 1. The van der Waals surface area contributed by atoms with Gasteiger partial charge in [0.2, 0.25) is 17.7 Å². The summed E-state index contributed by atoms with van der Waals surface area (Å²) in [4.78, 5) is 28.1. The van der Waals surface area contributed by atoms with Crippen LogP contribution < -0.4 is 5.32 Å². The molecule has 0 radical (unpaired) electrons. The van der Waals surface area contributed by atoms with Crippen molar-refractivity contribution in [3.63, 3.8) is 0 Å². The SMILES string of the molecule is O=C(NCCc1nnc(-c2cccnc2)o1)C1CCN(C(=O)C(F)(F)F)CC1. The largest absolute Gasteiger partial charge is 0.471 e. The number of hydrogen-bond donors (Lipinski definition) is 1. The fourth-order valence-corrected chi connectivity index (χ4v) is 2.92. The van der Waals surface area contributed by atoms with Gasteiger partial charge in [0.05, 0.1) is 5.56 Å². The summed E-state index contributed by atoms with van der Waals surface area (Å²) in [5, 5.41) is 10.5. The minimum absolute atomic E-state index is 0.0887. The zero-order valence-electron chi connectivity index (χ0n) is 14.8. The molecule has 0 saturated carbocycles. The monoisotopic (exact) mass is 397 g/mol. The molecule has 1 aliphatic heterocycles. The van der Waals surface area contributed by atoms with E-state index in [2.05, 4.69) is 20.5 Å². The number of piperidine rings is 1. The summed E-state index contributed by atoms with van der Waals surface area (Å²) in [6.45, 7) is 0.0817. The molecule has 8 nitrogen and oxygen atoms in total. The number of carbonyl (C=O) groups is 2. The summed E-state index contributed by atoms with van der Waals surface area (Å²) in [6.07, 6.45) is -0.953. The number of aromatic nitrogens is 3. The van der Waals surface area contributed by atoms with Gasteiger partial charge < -0.3 is 14.6 Å². The van der Waals surface area contributed by atoms with E-state index in [0.717, 1.165) is 4.90 Å². The lowest BCUT2D eigenvalue weighted by Gasteiger charge is -2.31. The van der Waals surface area contributed by atoms with E-state index in [1.165, 1.54) is 0 Å². The minimum Gasteiger partial charge on any atom is -0.421 e. The van der Waals surface area contributed by atoms with Crippen molar-refractivity contribution in [2.75, 3.05) is 19.6 Å². The van der Waals surface area contributed by atoms with Gasteiger partial charge in [-0.15, -0.1) is 10.2 Å². The van der Waals surface area contributed by atoms with Crippen molar-refractivity contribution in [2.24, 2.45) is 5.92 Å². The number of nitrogens with zero attached hydrogens (tertiary/aromatic N) is 4. The zero-order valence-corrected chi connectivity index (χ0v) is 14.8. The van der Waals surface area contributed by atoms with Crippen molar-refractivity contribution >= 4 is 11.8 Å². The number of alkyl halides is 3. The number of likely N-dealkylation sites (tertiary alicyclic amines) is 1. The molecule has 0 bridgehead atoms. The van der Waals surface area contributed by atoms with Crippen molar-refractivity contribution in [2.45, 2.75) is 25.4 Å². The summed E-state index contributed by atoms with van der Waals surface area (Å²) in [5.41, 5.74) is 0.686. The summed E-state index contributed by atoms with van der Waals surface area (Å²) in [5.74, 6) is -1.86. The van der Waals surface area contributed by atoms with E-state index in [9.17, 15) is 22.8 Å². The van der Waals surface area contributed by atoms with Gasteiger partial charge in [-0.05, 0) is 25.0 Å². The van der Waals surface area contributed by atoms with Gasteiger partial charge in [-0.2, -0.15) is 13.2 Å². The first-order chi connectivity index (χ1) is 13.3. The Bertz CT molecular complexity index is 817. The highest BCUT2D eigenvalue weighted by Crippen LogP contribution is 2.24. The van der Waals surface area contributed by atoms with E-state index in [1.54, 1.807) is 24.5 Å². The van der Waals surface area contributed by atoms with Crippen molar-refractivity contribution in [3.05, 3.63) is 30.4 Å².